The average Bonchev–Trinajstić information content (AvgIpc) is 3.38. The fraction of sp³-hybridized carbons (Fsp3) is 0.522. The van der Waals surface area contributed by atoms with Gasteiger partial charge in [-0.15, -0.1) is 0 Å². The SMILES string of the molecule is CCc1ccncc1CNCCCCSC[C@H]1O[C@@H](n2ccc3c(N)ncnc32)[C@H](O)[C@@H]1O. The van der Waals surface area contributed by atoms with Gasteiger partial charge in [-0.3, -0.25) is 4.98 Å². The summed E-state index contributed by atoms with van der Waals surface area (Å²) in [5.41, 5.74) is 9.08. The Kier molecular flexibility index (Phi) is 8.15. The van der Waals surface area contributed by atoms with E-state index in [1.165, 1.54) is 17.5 Å². The third-order valence-electron chi connectivity index (χ3n) is 6.03. The van der Waals surface area contributed by atoms with E-state index in [1.807, 2.05) is 12.4 Å². The summed E-state index contributed by atoms with van der Waals surface area (Å²) in [6, 6.07) is 3.87. The Balaban J connectivity index is 1.18. The zero-order chi connectivity index (χ0) is 23.2. The summed E-state index contributed by atoms with van der Waals surface area (Å²) in [5, 5.41) is 25.3. The van der Waals surface area contributed by atoms with Crippen molar-refractivity contribution in [2.45, 2.75) is 57.3 Å². The lowest BCUT2D eigenvalue weighted by Gasteiger charge is -2.17. The van der Waals surface area contributed by atoms with Crippen molar-refractivity contribution in [1.29, 1.82) is 0 Å². The van der Waals surface area contributed by atoms with Gasteiger partial charge in [-0.1, -0.05) is 6.92 Å². The molecule has 0 amide bonds. The lowest BCUT2D eigenvalue weighted by Crippen LogP contribution is -2.32. The average molecular weight is 473 g/mol. The van der Waals surface area contributed by atoms with Crippen molar-refractivity contribution in [3.63, 3.8) is 0 Å². The van der Waals surface area contributed by atoms with Gasteiger partial charge in [0.1, 0.15) is 30.0 Å². The highest BCUT2D eigenvalue weighted by Gasteiger charge is 2.43. The van der Waals surface area contributed by atoms with E-state index in [2.05, 4.69) is 33.3 Å². The first-order valence-electron chi connectivity index (χ1n) is 11.4. The summed E-state index contributed by atoms with van der Waals surface area (Å²) in [7, 11) is 0. The monoisotopic (exact) mass is 472 g/mol. The molecule has 4 heterocycles. The molecule has 3 aromatic rings. The molecule has 4 atom stereocenters. The predicted molar refractivity (Wildman–Crippen MR) is 130 cm³/mol. The second-order valence-corrected chi connectivity index (χ2v) is 9.37. The Morgan fingerprint density at radius 1 is 1.18 bits per heavy atom. The fourth-order valence-electron chi connectivity index (χ4n) is 4.13. The molecule has 0 radical (unpaired) electrons. The molecule has 10 heteroatoms. The number of unbranched alkanes of at least 4 members (excludes halogenated alkanes) is 1. The van der Waals surface area contributed by atoms with Crippen LogP contribution in [0.25, 0.3) is 11.0 Å². The van der Waals surface area contributed by atoms with Crippen molar-refractivity contribution in [2.24, 2.45) is 0 Å². The number of hydrogen-bond acceptors (Lipinski definition) is 9. The Labute approximate surface area is 197 Å². The number of anilines is 1. The van der Waals surface area contributed by atoms with Gasteiger partial charge in [0.2, 0.25) is 0 Å². The van der Waals surface area contributed by atoms with Crippen LogP contribution in [0.15, 0.2) is 37.1 Å². The van der Waals surface area contributed by atoms with E-state index in [4.69, 9.17) is 10.5 Å². The summed E-state index contributed by atoms with van der Waals surface area (Å²) in [5.74, 6) is 1.96. The van der Waals surface area contributed by atoms with Crippen LogP contribution in [-0.2, 0) is 17.7 Å². The standard InChI is InChI=1S/C23H32N6O3S/c1-2-15-5-8-26-12-16(15)11-25-7-3-4-10-33-13-18-19(30)20(31)23(32-18)29-9-6-17-21(24)27-14-28-22(17)29/h5-6,8-9,12,14,18-20,23,25,30-31H,2-4,7,10-11,13H2,1H3,(H2,24,27,28)/t18-,19-,20-,23-/m1/s1. The van der Waals surface area contributed by atoms with Crippen molar-refractivity contribution in [3.8, 4) is 0 Å². The molecule has 5 N–H and O–H groups in total. The number of hydrogen-bond donors (Lipinski definition) is 4. The quantitative estimate of drug-likeness (QED) is 0.309. The van der Waals surface area contributed by atoms with Crippen LogP contribution in [0.4, 0.5) is 5.82 Å². The van der Waals surface area contributed by atoms with E-state index in [9.17, 15) is 10.2 Å². The number of fused-ring (bicyclic) bond motifs is 1. The van der Waals surface area contributed by atoms with Gasteiger partial charge in [0, 0.05) is 30.9 Å². The number of aromatic nitrogens is 4. The summed E-state index contributed by atoms with van der Waals surface area (Å²) in [6.07, 6.45) is 6.95. The van der Waals surface area contributed by atoms with Crippen LogP contribution in [0.3, 0.4) is 0 Å². The first-order valence-corrected chi connectivity index (χ1v) is 12.5. The Morgan fingerprint density at radius 3 is 2.91 bits per heavy atom. The predicted octanol–water partition coefficient (Wildman–Crippen LogP) is 1.89. The smallest absolute Gasteiger partial charge is 0.164 e. The molecule has 9 nitrogen and oxygen atoms in total. The van der Waals surface area contributed by atoms with Crippen LogP contribution in [0, 0.1) is 0 Å². The number of aliphatic hydroxyl groups is 2. The number of thioether (sulfide) groups is 1. The molecule has 3 aromatic heterocycles. The zero-order valence-electron chi connectivity index (χ0n) is 18.8. The molecule has 0 spiro atoms. The van der Waals surface area contributed by atoms with Crippen molar-refractivity contribution in [3.05, 3.63) is 48.2 Å². The van der Waals surface area contributed by atoms with E-state index in [0.717, 1.165) is 38.1 Å². The van der Waals surface area contributed by atoms with Crippen molar-refractivity contribution in [2.75, 3.05) is 23.8 Å². The molecule has 1 saturated heterocycles. The molecular formula is C23H32N6O3S. The lowest BCUT2D eigenvalue weighted by molar-refractivity contribution is -0.0285. The van der Waals surface area contributed by atoms with Crippen molar-refractivity contribution < 1.29 is 14.9 Å². The number of pyridine rings is 1. The normalized spacial score (nSPS) is 22.9. The van der Waals surface area contributed by atoms with E-state index in [0.29, 0.717) is 22.6 Å². The number of aryl methyl sites for hydroxylation is 1. The van der Waals surface area contributed by atoms with Gasteiger partial charge in [0.15, 0.2) is 6.23 Å². The highest BCUT2D eigenvalue weighted by atomic mass is 32.2. The van der Waals surface area contributed by atoms with Gasteiger partial charge in [0.05, 0.1) is 11.5 Å². The first kappa shape index (κ1) is 23.9. The van der Waals surface area contributed by atoms with E-state index in [-0.39, 0.29) is 0 Å². The number of aliphatic hydroxyl groups excluding tert-OH is 2. The third-order valence-corrected chi connectivity index (χ3v) is 7.17. The molecular weight excluding hydrogens is 440 g/mol. The van der Waals surface area contributed by atoms with Gasteiger partial charge in [0.25, 0.3) is 0 Å². The molecule has 1 fully saturated rings. The molecule has 33 heavy (non-hydrogen) atoms. The van der Waals surface area contributed by atoms with Crippen LogP contribution in [-0.4, -0.2) is 66.1 Å². The molecule has 178 valence electrons. The second-order valence-electron chi connectivity index (χ2n) is 8.22. The minimum Gasteiger partial charge on any atom is -0.387 e. The van der Waals surface area contributed by atoms with Gasteiger partial charge in [-0.25, -0.2) is 9.97 Å². The molecule has 0 aromatic carbocycles. The molecule has 1 aliphatic heterocycles. The van der Waals surface area contributed by atoms with Crippen molar-refractivity contribution >= 4 is 28.6 Å². The van der Waals surface area contributed by atoms with E-state index < -0.39 is 24.5 Å². The Bertz CT molecular complexity index is 1050. The molecule has 4 rings (SSSR count). The summed E-state index contributed by atoms with van der Waals surface area (Å²) < 4.78 is 7.73. The van der Waals surface area contributed by atoms with Gasteiger partial charge < -0.3 is 30.6 Å². The molecule has 1 aliphatic rings. The van der Waals surface area contributed by atoms with Gasteiger partial charge >= 0.3 is 0 Å². The summed E-state index contributed by atoms with van der Waals surface area (Å²) in [4.78, 5) is 12.5. The van der Waals surface area contributed by atoms with Gasteiger partial charge in [-0.2, -0.15) is 11.8 Å². The largest absolute Gasteiger partial charge is 0.387 e. The maximum atomic E-state index is 10.6. The number of nitrogens with two attached hydrogens (primary N) is 1. The maximum absolute atomic E-state index is 10.6. The fourth-order valence-corrected chi connectivity index (χ4v) is 5.21. The van der Waals surface area contributed by atoms with Crippen molar-refractivity contribution in [1.82, 2.24) is 24.8 Å². The molecule has 0 aliphatic carbocycles. The molecule has 0 unspecified atom stereocenters. The maximum Gasteiger partial charge on any atom is 0.164 e. The highest BCUT2D eigenvalue weighted by molar-refractivity contribution is 7.99. The first-order chi connectivity index (χ1) is 16.1. The number of ether oxygens (including phenoxy) is 1. The minimum absolute atomic E-state index is 0.375. The number of nitrogens with one attached hydrogen (secondary N) is 1. The van der Waals surface area contributed by atoms with E-state index >= 15 is 0 Å². The van der Waals surface area contributed by atoms with Crippen LogP contribution in [0.2, 0.25) is 0 Å². The number of nitrogen functional groups attached to an aromatic ring is 1. The van der Waals surface area contributed by atoms with Crippen LogP contribution >= 0.6 is 11.8 Å². The minimum atomic E-state index is -1.04. The van der Waals surface area contributed by atoms with Crippen LogP contribution in [0.5, 0.6) is 0 Å². The summed E-state index contributed by atoms with van der Waals surface area (Å²) >= 11 is 1.73. The summed E-state index contributed by atoms with van der Waals surface area (Å²) in [6.45, 7) is 3.96. The van der Waals surface area contributed by atoms with Gasteiger partial charge in [-0.05, 0) is 54.8 Å². The number of nitrogens with zero attached hydrogens (tertiary/aromatic N) is 4. The lowest BCUT2D eigenvalue weighted by atomic mass is 10.1. The van der Waals surface area contributed by atoms with Crippen LogP contribution < -0.4 is 11.1 Å². The van der Waals surface area contributed by atoms with Crippen LogP contribution in [0.1, 0.15) is 37.1 Å². The topological polar surface area (TPSA) is 131 Å². The zero-order valence-corrected chi connectivity index (χ0v) is 19.6. The highest BCUT2D eigenvalue weighted by Crippen LogP contribution is 2.34. The second kappa shape index (κ2) is 11.3. The number of rotatable bonds is 11. The Morgan fingerprint density at radius 2 is 2.06 bits per heavy atom. The van der Waals surface area contributed by atoms with E-state index in [1.54, 1.807) is 28.6 Å². The third kappa shape index (κ3) is 5.47. The Hall–Kier alpha value is -2.24. The molecule has 0 saturated carbocycles. The molecule has 0 bridgehead atoms.